The van der Waals surface area contributed by atoms with Crippen LogP contribution in [0.5, 0.6) is 0 Å². The minimum absolute atomic E-state index is 0. The summed E-state index contributed by atoms with van der Waals surface area (Å²) in [4.78, 5) is 0. The third-order valence-corrected chi connectivity index (χ3v) is 19.7. The van der Waals surface area contributed by atoms with Gasteiger partial charge in [0.2, 0.25) is 0 Å². The molecular weight excluding hydrogens is 1280 g/mol. The Labute approximate surface area is 458 Å². The predicted octanol–water partition coefficient (Wildman–Crippen LogP) is 14.7. The third-order valence-electron chi connectivity index (χ3n) is 13.2. The van der Waals surface area contributed by atoms with Gasteiger partial charge in [-0.3, -0.25) is 11.8 Å². The molecule has 0 bridgehead atoms. The van der Waals surface area contributed by atoms with Crippen molar-refractivity contribution in [1.29, 1.82) is 0 Å². The van der Waals surface area contributed by atoms with Gasteiger partial charge >= 0.3 is 44.8 Å². The molecule has 2 atom stereocenters. The van der Waals surface area contributed by atoms with E-state index in [1.807, 2.05) is 72.8 Å². The van der Waals surface area contributed by atoms with Crippen molar-refractivity contribution in [3.8, 4) is 23.2 Å². The zero-order valence-electron chi connectivity index (χ0n) is 39.5. The van der Waals surface area contributed by atoms with E-state index in [1.165, 1.54) is 29.4 Å². The number of allylic oxidation sites excluding steroid dienone is 4. The summed E-state index contributed by atoms with van der Waals surface area (Å²) in [7, 11) is -1.40. The SMILES string of the molecule is C1=CCC([PH+](CC[PH+](c2ccccc2)c2ccccc2)c2ccccc2)C=C1.[Au+].[Au+].[C-]#Cc1cccc2c1c1ccccc1n2-c1ccccc1.[C-]#Cc1cccc2c1c1ccccc1n2-c1ccccc1. The Morgan fingerprint density at radius 2 is 0.792 bits per heavy atom. The van der Waals surface area contributed by atoms with Crippen LogP contribution in [0.15, 0.2) is 261 Å². The summed E-state index contributed by atoms with van der Waals surface area (Å²) in [5.74, 6) is 5.13. The molecule has 2 nitrogen and oxygen atoms in total. The van der Waals surface area contributed by atoms with Crippen LogP contribution in [0.4, 0.5) is 0 Å². The molecule has 0 fully saturated rings. The molecule has 0 saturated carbocycles. The number of hydrogen-bond acceptors (Lipinski definition) is 0. The standard InChI is InChI=1S/C26H26P2.2C20H12N.2Au/c1-5-13-23(14-6-1)27(24-15-7-2-8-16-24)21-22-28(25-17-9-3-10-18-25)26-19-11-4-12-20-26;2*1-2-15-9-8-14-19-20(15)17-12-6-7-13-18(17)21(19)16-10-4-3-5-11-16;;/h1-19,26H,20-22H2;2*3-14H;;/q;2*-1;2*+1/p+2. The van der Waals surface area contributed by atoms with Gasteiger partial charge in [0.15, 0.2) is 0 Å². The van der Waals surface area contributed by atoms with Gasteiger partial charge in [-0.1, -0.05) is 169 Å². The van der Waals surface area contributed by atoms with Crippen molar-refractivity contribution in [2.75, 3.05) is 12.3 Å². The molecule has 2 heterocycles. The van der Waals surface area contributed by atoms with Crippen molar-refractivity contribution in [3.05, 3.63) is 285 Å². The van der Waals surface area contributed by atoms with Gasteiger partial charge in [-0.15, -0.1) is 23.3 Å². The second-order valence-electron chi connectivity index (χ2n) is 17.3. The number of para-hydroxylation sites is 4. The molecule has 0 spiro atoms. The summed E-state index contributed by atoms with van der Waals surface area (Å²) in [6.07, 6.45) is 28.2. The van der Waals surface area contributed by atoms with Crippen LogP contribution in [-0.2, 0) is 44.8 Å². The summed E-state index contributed by atoms with van der Waals surface area (Å²) in [5, 5.41) is 9.15. The first-order valence-electron chi connectivity index (χ1n) is 23.9. The van der Waals surface area contributed by atoms with E-state index in [-0.39, 0.29) is 44.8 Å². The topological polar surface area (TPSA) is 9.86 Å². The smallest absolute Gasteiger partial charge is 0.366 e. The van der Waals surface area contributed by atoms with Gasteiger partial charge in [0.1, 0.15) is 6.16 Å². The number of hydrogen-bond donors (Lipinski definition) is 0. The maximum absolute atomic E-state index is 7.56. The average molecular weight is 1330 g/mol. The monoisotopic (exact) mass is 1330 g/mol. The number of aromatic nitrogens is 2. The Morgan fingerprint density at radius 3 is 1.21 bits per heavy atom. The van der Waals surface area contributed by atoms with Crippen molar-refractivity contribution < 1.29 is 44.8 Å². The molecule has 11 aromatic rings. The Morgan fingerprint density at radius 1 is 0.403 bits per heavy atom. The van der Waals surface area contributed by atoms with Crippen molar-refractivity contribution in [3.63, 3.8) is 0 Å². The fourth-order valence-corrected chi connectivity index (χ4v) is 16.6. The average Bonchev–Trinajstić information content (AvgIpc) is 3.97. The molecule has 72 heavy (non-hydrogen) atoms. The Hall–Kier alpha value is -6.48. The molecule has 1 aliphatic rings. The minimum Gasteiger partial charge on any atom is -0.366 e. The quantitative estimate of drug-likeness (QED) is 0.0590. The van der Waals surface area contributed by atoms with E-state index in [0.717, 1.165) is 66.1 Å². The van der Waals surface area contributed by atoms with Gasteiger partial charge in [-0.25, -0.2) is 0 Å². The summed E-state index contributed by atoms with van der Waals surface area (Å²) < 4.78 is 4.48. The van der Waals surface area contributed by atoms with Gasteiger partial charge in [0.25, 0.3) is 0 Å². The predicted molar refractivity (Wildman–Crippen MR) is 305 cm³/mol. The van der Waals surface area contributed by atoms with Crippen molar-refractivity contribution >= 4 is 75.4 Å². The molecule has 1 aliphatic carbocycles. The number of fused-ring (bicyclic) bond motifs is 6. The molecule has 2 aromatic heterocycles. The fourth-order valence-electron chi connectivity index (χ4n) is 9.99. The zero-order chi connectivity index (χ0) is 47.5. The van der Waals surface area contributed by atoms with Gasteiger partial charge in [0, 0.05) is 36.8 Å². The zero-order valence-corrected chi connectivity index (χ0v) is 45.9. The summed E-state index contributed by atoms with van der Waals surface area (Å²) in [6.45, 7) is 0. The Kier molecular flexibility index (Phi) is 18.2. The molecule has 0 N–H and O–H groups in total. The van der Waals surface area contributed by atoms with Crippen LogP contribution in [0.3, 0.4) is 0 Å². The largest absolute Gasteiger partial charge is 1.00 e. The first kappa shape index (κ1) is 51.9. The molecule has 0 radical (unpaired) electrons. The van der Waals surface area contributed by atoms with E-state index in [9.17, 15) is 0 Å². The number of benzene rings is 9. The Bertz CT molecular complexity index is 3460. The Balaban J connectivity index is 0.000000144. The van der Waals surface area contributed by atoms with Gasteiger partial charge < -0.3 is 22.0 Å². The first-order valence-corrected chi connectivity index (χ1v) is 27.4. The van der Waals surface area contributed by atoms with E-state index in [4.69, 9.17) is 12.8 Å². The second kappa shape index (κ2) is 25.3. The molecule has 0 amide bonds. The summed E-state index contributed by atoms with van der Waals surface area (Å²) in [5.41, 5.74) is 9.16. The van der Waals surface area contributed by atoms with Crippen LogP contribution in [0, 0.1) is 24.7 Å². The maximum atomic E-state index is 7.56. The van der Waals surface area contributed by atoms with E-state index >= 15 is 0 Å². The molecule has 356 valence electrons. The van der Waals surface area contributed by atoms with Crippen LogP contribution < -0.4 is 15.9 Å². The van der Waals surface area contributed by atoms with Crippen LogP contribution in [-0.4, -0.2) is 27.1 Å². The fraction of sp³-hybridized carbons (Fsp3) is 0.0606. The summed E-state index contributed by atoms with van der Waals surface area (Å²) in [6, 6.07) is 83.0. The molecule has 0 aliphatic heterocycles. The van der Waals surface area contributed by atoms with E-state index < -0.39 is 15.8 Å². The van der Waals surface area contributed by atoms with Crippen LogP contribution in [0.2, 0.25) is 0 Å². The van der Waals surface area contributed by atoms with Gasteiger partial charge in [-0.2, -0.15) is 0 Å². The van der Waals surface area contributed by atoms with E-state index in [2.05, 4.69) is 209 Å². The van der Waals surface area contributed by atoms with Crippen molar-refractivity contribution in [2.24, 2.45) is 0 Å². The second-order valence-corrected chi connectivity index (χ2v) is 22.8. The molecular formula is C66H52Au2N2P2+2. The van der Waals surface area contributed by atoms with Crippen LogP contribution >= 0.6 is 15.8 Å². The van der Waals surface area contributed by atoms with E-state index in [1.54, 1.807) is 5.30 Å². The van der Waals surface area contributed by atoms with Gasteiger partial charge in [0.05, 0.1) is 46.7 Å². The molecule has 9 aromatic carbocycles. The van der Waals surface area contributed by atoms with Crippen molar-refractivity contribution in [2.45, 2.75) is 12.1 Å². The number of rotatable bonds is 9. The van der Waals surface area contributed by atoms with E-state index in [0.29, 0.717) is 5.66 Å². The minimum atomic E-state index is -0.756. The molecule has 6 heteroatoms. The first-order chi connectivity index (χ1) is 34.7. The maximum Gasteiger partial charge on any atom is 1.00 e. The number of nitrogens with zero attached hydrogens (tertiary/aromatic N) is 2. The normalized spacial score (nSPS) is 12.9. The van der Waals surface area contributed by atoms with Crippen LogP contribution in [0.1, 0.15) is 17.5 Å². The van der Waals surface area contributed by atoms with Gasteiger partial charge in [-0.05, 0) is 102 Å². The van der Waals surface area contributed by atoms with Crippen LogP contribution in [0.25, 0.3) is 55.0 Å². The molecule has 2 unspecified atom stereocenters. The third kappa shape index (κ3) is 11.3. The summed E-state index contributed by atoms with van der Waals surface area (Å²) >= 11 is 0. The molecule has 0 saturated heterocycles. The molecule has 12 rings (SSSR count). The van der Waals surface area contributed by atoms with Crippen molar-refractivity contribution in [1.82, 2.24) is 9.13 Å².